The molecule has 3 heterocycles. The summed E-state index contributed by atoms with van der Waals surface area (Å²) < 4.78 is 5.21. The molecule has 8 nitrogen and oxygen atoms in total. The lowest BCUT2D eigenvalue weighted by Crippen LogP contribution is -2.19. The highest BCUT2D eigenvalue weighted by molar-refractivity contribution is 5.53. The number of nitrogens with zero attached hydrogens (tertiary/aromatic N) is 5. The van der Waals surface area contributed by atoms with Gasteiger partial charge in [0, 0.05) is 31.1 Å². The van der Waals surface area contributed by atoms with Crippen LogP contribution in [-0.2, 0) is 6.54 Å². The molecule has 0 bridgehead atoms. The number of aromatic nitrogens is 5. The van der Waals surface area contributed by atoms with Crippen LogP contribution in [0.5, 0.6) is 0 Å². The molecule has 0 fully saturated rings. The van der Waals surface area contributed by atoms with E-state index in [0.717, 1.165) is 23.0 Å². The fraction of sp³-hybridized carbons (Fsp3) is 0.286. The number of rotatable bonds is 5. The Bertz CT molecular complexity index is 764. The number of aromatic amines is 1. The van der Waals surface area contributed by atoms with E-state index in [4.69, 9.17) is 4.52 Å². The average Bonchev–Trinajstić information content (AvgIpc) is 3.08. The largest absolute Gasteiger partial charge is 0.359 e. The average molecular weight is 299 g/mol. The summed E-state index contributed by atoms with van der Waals surface area (Å²) in [6, 6.07) is 5.59. The van der Waals surface area contributed by atoms with Crippen LogP contribution < -0.4 is 10.2 Å². The summed E-state index contributed by atoms with van der Waals surface area (Å²) in [5.74, 6) is 2.75. The normalized spacial score (nSPS) is 10.7. The Labute approximate surface area is 127 Å². The minimum atomic E-state index is 0.547. The molecule has 0 aliphatic heterocycles. The van der Waals surface area contributed by atoms with Crippen molar-refractivity contribution in [1.29, 1.82) is 0 Å². The van der Waals surface area contributed by atoms with Gasteiger partial charge in [-0.25, -0.2) is 4.98 Å². The summed E-state index contributed by atoms with van der Waals surface area (Å²) in [5.41, 5.74) is 1.84. The van der Waals surface area contributed by atoms with Crippen LogP contribution >= 0.6 is 0 Å². The molecule has 3 aromatic rings. The Morgan fingerprint density at radius 1 is 1.27 bits per heavy atom. The Balaban J connectivity index is 1.72. The van der Waals surface area contributed by atoms with Crippen LogP contribution in [0, 0.1) is 13.8 Å². The quantitative estimate of drug-likeness (QED) is 0.745. The Morgan fingerprint density at radius 3 is 2.82 bits per heavy atom. The topological polar surface area (TPSA) is 95.8 Å². The van der Waals surface area contributed by atoms with Crippen LogP contribution in [0.3, 0.4) is 0 Å². The van der Waals surface area contributed by atoms with Gasteiger partial charge < -0.3 is 14.7 Å². The lowest BCUT2D eigenvalue weighted by molar-refractivity contribution is 0.379. The Hall–Kier alpha value is -2.90. The third-order valence-electron chi connectivity index (χ3n) is 3.02. The maximum atomic E-state index is 5.21. The molecular formula is C14H17N7O. The molecule has 0 aliphatic carbocycles. The van der Waals surface area contributed by atoms with E-state index >= 15 is 0 Å². The van der Waals surface area contributed by atoms with Gasteiger partial charge in [0.15, 0.2) is 11.6 Å². The minimum Gasteiger partial charge on any atom is -0.359 e. The summed E-state index contributed by atoms with van der Waals surface area (Å²) in [4.78, 5) is 10.6. The predicted molar refractivity (Wildman–Crippen MR) is 82.0 cm³/mol. The van der Waals surface area contributed by atoms with Crippen molar-refractivity contribution in [2.24, 2.45) is 0 Å². The standard InChI is InChI=1S/C14H17N7O/c1-9-7-13(19-18-9)16-12-4-5-15-14(17-12)21(3)8-11-6-10(2)20-22-11/h4-7H,8H2,1-3H3,(H2,15,16,17,18,19). The monoisotopic (exact) mass is 299 g/mol. The Kier molecular flexibility index (Phi) is 3.73. The van der Waals surface area contributed by atoms with Crippen LogP contribution in [0.2, 0.25) is 0 Å². The van der Waals surface area contributed by atoms with Gasteiger partial charge in [0.25, 0.3) is 0 Å². The number of hydrogen-bond donors (Lipinski definition) is 2. The SMILES string of the molecule is Cc1cc(CN(C)c2nccc(Nc3cc(C)[nH]n3)n2)on1. The molecule has 0 spiro atoms. The molecule has 8 heteroatoms. The van der Waals surface area contributed by atoms with E-state index in [1.54, 1.807) is 12.3 Å². The van der Waals surface area contributed by atoms with Gasteiger partial charge in [0.1, 0.15) is 5.82 Å². The first-order chi connectivity index (χ1) is 10.6. The third kappa shape index (κ3) is 3.22. The van der Waals surface area contributed by atoms with Gasteiger partial charge in [-0.05, 0) is 19.9 Å². The molecule has 0 unspecified atom stereocenters. The minimum absolute atomic E-state index is 0.547. The molecule has 0 amide bonds. The van der Waals surface area contributed by atoms with Gasteiger partial charge in [0.05, 0.1) is 12.2 Å². The summed E-state index contributed by atoms with van der Waals surface area (Å²) in [6.07, 6.45) is 1.70. The van der Waals surface area contributed by atoms with Crippen molar-refractivity contribution in [3.05, 3.63) is 41.5 Å². The zero-order valence-corrected chi connectivity index (χ0v) is 12.7. The molecule has 22 heavy (non-hydrogen) atoms. The van der Waals surface area contributed by atoms with Crippen LogP contribution in [0.15, 0.2) is 28.9 Å². The van der Waals surface area contributed by atoms with Gasteiger partial charge >= 0.3 is 0 Å². The molecule has 0 aliphatic rings. The van der Waals surface area contributed by atoms with Crippen molar-refractivity contribution >= 4 is 17.6 Å². The van der Waals surface area contributed by atoms with E-state index in [1.807, 2.05) is 37.9 Å². The van der Waals surface area contributed by atoms with Gasteiger partial charge in [-0.1, -0.05) is 5.16 Å². The molecule has 0 atom stereocenters. The van der Waals surface area contributed by atoms with Crippen molar-refractivity contribution < 1.29 is 4.52 Å². The summed E-state index contributed by atoms with van der Waals surface area (Å²) in [6.45, 7) is 4.38. The van der Waals surface area contributed by atoms with Crippen molar-refractivity contribution in [2.75, 3.05) is 17.3 Å². The smallest absolute Gasteiger partial charge is 0.227 e. The van der Waals surface area contributed by atoms with Crippen molar-refractivity contribution in [2.45, 2.75) is 20.4 Å². The van der Waals surface area contributed by atoms with Crippen molar-refractivity contribution in [1.82, 2.24) is 25.3 Å². The maximum Gasteiger partial charge on any atom is 0.227 e. The Morgan fingerprint density at radius 2 is 2.14 bits per heavy atom. The highest BCUT2D eigenvalue weighted by Crippen LogP contribution is 2.16. The van der Waals surface area contributed by atoms with Crippen LogP contribution in [-0.4, -0.2) is 32.4 Å². The molecule has 114 valence electrons. The predicted octanol–water partition coefficient (Wildman–Crippen LogP) is 2.18. The van der Waals surface area contributed by atoms with Crippen LogP contribution in [0.1, 0.15) is 17.1 Å². The number of nitrogens with one attached hydrogen (secondary N) is 2. The number of aryl methyl sites for hydroxylation is 2. The first-order valence-electron chi connectivity index (χ1n) is 6.85. The highest BCUT2D eigenvalue weighted by Gasteiger charge is 2.10. The molecule has 0 aromatic carbocycles. The molecule has 0 saturated carbocycles. The molecule has 0 radical (unpaired) electrons. The second-order valence-electron chi connectivity index (χ2n) is 5.09. The fourth-order valence-corrected chi connectivity index (χ4v) is 2.01. The van der Waals surface area contributed by atoms with Gasteiger partial charge in [0.2, 0.25) is 5.95 Å². The highest BCUT2D eigenvalue weighted by atomic mass is 16.5. The zero-order chi connectivity index (χ0) is 15.5. The first kappa shape index (κ1) is 14.1. The van der Waals surface area contributed by atoms with Gasteiger partial charge in [-0.3, -0.25) is 5.10 Å². The van der Waals surface area contributed by atoms with E-state index in [9.17, 15) is 0 Å². The van der Waals surface area contributed by atoms with Gasteiger partial charge in [-0.2, -0.15) is 10.1 Å². The summed E-state index contributed by atoms with van der Waals surface area (Å²) in [7, 11) is 1.90. The van der Waals surface area contributed by atoms with Crippen LogP contribution in [0.25, 0.3) is 0 Å². The molecule has 2 N–H and O–H groups in total. The van der Waals surface area contributed by atoms with Crippen molar-refractivity contribution in [3.63, 3.8) is 0 Å². The first-order valence-corrected chi connectivity index (χ1v) is 6.85. The van der Waals surface area contributed by atoms with Crippen LogP contribution in [0.4, 0.5) is 17.6 Å². The molecule has 0 saturated heterocycles. The number of anilines is 3. The maximum absolute atomic E-state index is 5.21. The molecule has 3 aromatic heterocycles. The van der Waals surface area contributed by atoms with E-state index in [0.29, 0.717) is 18.3 Å². The molecule has 3 rings (SSSR count). The van der Waals surface area contributed by atoms with Gasteiger partial charge in [-0.15, -0.1) is 0 Å². The second kappa shape index (κ2) is 5.84. The van der Waals surface area contributed by atoms with E-state index in [-0.39, 0.29) is 0 Å². The number of hydrogen-bond acceptors (Lipinski definition) is 7. The van der Waals surface area contributed by atoms with E-state index < -0.39 is 0 Å². The summed E-state index contributed by atoms with van der Waals surface area (Å²) >= 11 is 0. The summed E-state index contributed by atoms with van der Waals surface area (Å²) in [5, 5.41) is 14.0. The number of H-pyrrole nitrogens is 1. The second-order valence-corrected chi connectivity index (χ2v) is 5.09. The third-order valence-corrected chi connectivity index (χ3v) is 3.02. The van der Waals surface area contributed by atoms with E-state index in [1.165, 1.54) is 0 Å². The lowest BCUT2D eigenvalue weighted by Gasteiger charge is -2.15. The van der Waals surface area contributed by atoms with E-state index in [2.05, 4.69) is 30.6 Å². The van der Waals surface area contributed by atoms with Crippen molar-refractivity contribution in [3.8, 4) is 0 Å². The molecular weight excluding hydrogens is 282 g/mol. The lowest BCUT2D eigenvalue weighted by atomic mass is 10.4. The fourth-order valence-electron chi connectivity index (χ4n) is 2.01. The zero-order valence-electron chi connectivity index (χ0n) is 12.7.